The molecule has 1 aliphatic carbocycles. The van der Waals surface area contributed by atoms with Crippen LogP contribution in [0.15, 0.2) is 34.1 Å². The Labute approximate surface area is 96.0 Å². The van der Waals surface area contributed by atoms with Crippen LogP contribution in [0.3, 0.4) is 0 Å². The Morgan fingerprint density at radius 3 is 2.88 bits per heavy atom. The molecule has 0 spiro atoms. The molecule has 0 fully saturated rings. The molecule has 1 unspecified atom stereocenters. The van der Waals surface area contributed by atoms with Gasteiger partial charge in [0.15, 0.2) is 0 Å². The summed E-state index contributed by atoms with van der Waals surface area (Å²) in [4.78, 5) is 28.1. The molecule has 0 saturated heterocycles. The quantitative estimate of drug-likeness (QED) is 0.644. The summed E-state index contributed by atoms with van der Waals surface area (Å²) in [5.41, 5.74) is 0.330. The number of hydrogen-bond donors (Lipinski definition) is 0. The van der Waals surface area contributed by atoms with Gasteiger partial charge in [-0.15, -0.1) is 10.2 Å². The van der Waals surface area contributed by atoms with Gasteiger partial charge in [0.1, 0.15) is 5.69 Å². The second kappa shape index (κ2) is 3.31. The van der Waals surface area contributed by atoms with E-state index in [0.717, 1.165) is 4.57 Å². The molecule has 1 aliphatic heterocycles. The van der Waals surface area contributed by atoms with Gasteiger partial charge >= 0.3 is 0 Å². The Hall–Kier alpha value is -2.37. The zero-order valence-electron chi connectivity index (χ0n) is 8.99. The molecule has 0 radical (unpaired) electrons. The summed E-state index contributed by atoms with van der Waals surface area (Å²) in [6.07, 6.45) is 7.00. The second-order valence-corrected chi connectivity index (χ2v) is 3.82. The summed E-state index contributed by atoms with van der Waals surface area (Å²) in [5.74, 6) is -0.765. The van der Waals surface area contributed by atoms with E-state index in [1.54, 1.807) is 24.3 Å². The minimum atomic E-state index is -0.492. The molecule has 1 aromatic rings. The molecule has 0 aromatic carbocycles. The Balaban J connectivity index is 2.32. The lowest BCUT2D eigenvalue weighted by molar-refractivity contribution is 0.0883. The number of aryl methyl sites for hydroxylation is 1. The number of carbonyl (C=O) groups is 1. The third-order valence-corrected chi connectivity index (χ3v) is 2.72. The average Bonchev–Trinajstić information content (AvgIpc) is 2.34. The maximum atomic E-state index is 12.2. The Morgan fingerprint density at radius 2 is 2.06 bits per heavy atom. The van der Waals surface area contributed by atoms with E-state index >= 15 is 0 Å². The van der Waals surface area contributed by atoms with Crippen molar-refractivity contribution in [3.63, 3.8) is 0 Å². The van der Waals surface area contributed by atoms with Crippen LogP contribution in [-0.2, 0) is 0 Å². The zero-order chi connectivity index (χ0) is 12.0. The largest absolute Gasteiger partial charge is 0.283 e. The van der Waals surface area contributed by atoms with Gasteiger partial charge in [-0.05, 0) is 13.0 Å². The van der Waals surface area contributed by atoms with E-state index in [1.165, 1.54) is 6.92 Å². The van der Waals surface area contributed by atoms with Crippen LogP contribution in [0.4, 0.5) is 5.95 Å². The fourth-order valence-corrected chi connectivity index (χ4v) is 1.83. The highest BCUT2D eigenvalue weighted by Gasteiger charge is 2.31. The summed E-state index contributed by atoms with van der Waals surface area (Å²) in [7, 11) is 0. The predicted octanol–water partition coefficient (Wildman–Crippen LogP) is 0.415. The van der Waals surface area contributed by atoms with Crippen molar-refractivity contribution in [2.24, 2.45) is 10.9 Å². The van der Waals surface area contributed by atoms with Crippen molar-refractivity contribution in [1.82, 2.24) is 14.8 Å². The molecular weight excluding hydrogens is 220 g/mol. The fraction of sp³-hybridized carbons (Fsp3) is 0.182. The molecule has 0 bridgehead atoms. The van der Waals surface area contributed by atoms with E-state index in [0.29, 0.717) is 5.71 Å². The second-order valence-electron chi connectivity index (χ2n) is 3.82. The molecule has 1 atom stereocenters. The third-order valence-electron chi connectivity index (χ3n) is 2.72. The number of fused-ring (bicyclic) bond motifs is 2. The van der Waals surface area contributed by atoms with Crippen molar-refractivity contribution in [2.45, 2.75) is 6.92 Å². The first-order chi connectivity index (χ1) is 8.18. The first-order valence-electron chi connectivity index (χ1n) is 5.12. The van der Waals surface area contributed by atoms with E-state index in [9.17, 15) is 9.59 Å². The molecule has 2 heterocycles. The van der Waals surface area contributed by atoms with E-state index in [2.05, 4.69) is 15.2 Å². The van der Waals surface area contributed by atoms with E-state index in [-0.39, 0.29) is 17.5 Å². The fourth-order valence-electron chi connectivity index (χ4n) is 1.83. The number of nitrogens with zero attached hydrogens (tertiary/aromatic N) is 4. The monoisotopic (exact) mass is 228 g/mol. The molecule has 3 rings (SSSR count). The minimum Gasteiger partial charge on any atom is -0.273 e. The normalized spacial score (nSPS) is 20.9. The van der Waals surface area contributed by atoms with Gasteiger partial charge in [-0.3, -0.25) is 9.59 Å². The number of aliphatic imine (C=N–C) groups is 1. The number of rotatable bonds is 0. The highest BCUT2D eigenvalue weighted by Crippen LogP contribution is 2.21. The third kappa shape index (κ3) is 1.30. The summed E-state index contributed by atoms with van der Waals surface area (Å²) in [5, 5.41) is 7.45. The van der Waals surface area contributed by atoms with Crippen molar-refractivity contribution in [3.05, 3.63) is 40.4 Å². The summed E-state index contributed by atoms with van der Waals surface area (Å²) in [6, 6.07) is 0. The van der Waals surface area contributed by atoms with Crippen molar-refractivity contribution in [3.8, 4) is 0 Å². The molecule has 1 aromatic heterocycles. The van der Waals surface area contributed by atoms with Gasteiger partial charge in [0, 0.05) is 0 Å². The summed E-state index contributed by atoms with van der Waals surface area (Å²) >= 11 is 0. The zero-order valence-corrected chi connectivity index (χ0v) is 8.99. The first-order valence-corrected chi connectivity index (χ1v) is 5.12. The molecular formula is C11H8N4O2. The van der Waals surface area contributed by atoms with Crippen LogP contribution in [0.5, 0.6) is 0 Å². The maximum Gasteiger partial charge on any atom is 0.283 e. The van der Waals surface area contributed by atoms with Crippen molar-refractivity contribution in [1.29, 1.82) is 0 Å². The first kappa shape index (κ1) is 9.83. The van der Waals surface area contributed by atoms with E-state index in [4.69, 9.17) is 0 Å². The Morgan fingerprint density at radius 1 is 1.24 bits per heavy atom. The van der Waals surface area contributed by atoms with Crippen molar-refractivity contribution < 1.29 is 4.79 Å². The summed E-state index contributed by atoms with van der Waals surface area (Å²) < 4.78 is 0.986. The van der Waals surface area contributed by atoms with Gasteiger partial charge < -0.3 is 0 Å². The van der Waals surface area contributed by atoms with Gasteiger partial charge in [0.2, 0.25) is 5.91 Å². The van der Waals surface area contributed by atoms with E-state index < -0.39 is 11.5 Å². The van der Waals surface area contributed by atoms with Gasteiger partial charge in [-0.2, -0.15) is 0 Å². The molecule has 17 heavy (non-hydrogen) atoms. The minimum absolute atomic E-state index is 0.0526. The Bertz CT molecular complexity index is 667. The van der Waals surface area contributed by atoms with Crippen LogP contribution in [0.1, 0.15) is 10.5 Å². The SMILES string of the molecule is Cc1nnc2n(c1=O)C(=O)C1C=CC=CC1=N2. The molecule has 0 amide bonds. The predicted molar refractivity (Wildman–Crippen MR) is 60.5 cm³/mol. The van der Waals surface area contributed by atoms with Crippen molar-refractivity contribution in [2.75, 3.05) is 0 Å². The van der Waals surface area contributed by atoms with Crippen molar-refractivity contribution >= 4 is 17.6 Å². The number of hydrogen-bond acceptors (Lipinski definition) is 5. The summed E-state index contributed by atoms with van der Waals surface area (Å²) in [6.45, 7) is 1.52. The molecule has 6 heteroatoms. The molecule has 0 saturated carbocycles. The van der Waals surface area contributed by atoms with Gasteiger partial charge in [0.25, 0.3) is 11.5 Å². The van der Waals surface area contributed by atoms with Crippen LogP contribution < -0.4 is 5.56 Å². The van der Waals surface area contributed by atoms with Crippen LogP contribution >= 0.6 is 0 Å². The lowest BCUT2D eigenvalue weighted by Gasteiger charge is -2.20. The lowest BCUT2D eigenvalue weighted by Crippen LogP contribution is -2.39. The molecule has 0 N–H and O–H groups in total. The van der Waals surface area contributed by atoms with Gasteiger partial charge in [0.05, 0.1) is 11.6 Å². The van der Waals surface area contributed by atoms with Crippen LogP contribution in [0.25, 0.3) is 0 Å². The highest BCUT2D eigenvalue weighted by molar-refractivity contribution is 6.15. The van der Waals surface area contributed by atoms with Crippen LogP contribution in [-0.4, -0.2) is 26.4 Å². The van der Waals surface area contributed by atoms with Gasteiger partial charge in [-0.1, -0.05) is 18.2 Å². The molecule has 84 valence electrons. The van der Waals surface area contributed by atoms with Crippen LogP contribution in [0, 0.1) is 12.8 Å². The number of aromatic nitrogens is 3. The number of allylic oxidation sites excluding steroid dienone is 4. The topological polar surface area (TPSA) is 77.2 Å². The van der Waals surface area contributed by atoms with Crippen LogP contribution in [0.2, 0.25) is 0 Å². The van der Waals surface area contributed by atoms with Gasteiger partial charge in [-0.25, -0.2) is 9.56 Å². The smallest absolute Gasteiger partial charge is 0.273 e. The Kier molecular flexibility index (Phi) is 1.91. The molecule has 2 aliphatic rings. The average molecular weight is 228 g/mol. The molecule has 6 nitrogen and oxygen atoms in total. The lowest BCUT2D eigenvalue weighted by atomic mass is 9.96. The van der Waals surface area contributed by atoms with E-state index in [1.807, 2.05) is 0 Å². The maximum absolute atomic E-state index is 12.2. The standard InChI is InChI=1S/C11H8N4O2/c1-6-9(16)15-10(17)7-4-2-3-5-8(7)12-11(15)14-13-6/h2-5,7H,1H3. The number of carbonyl (C=O) groups excluding carboxylic acids is 1. The highest BCUT2D eigenvalue weighted by atomic mass is 16.2.